The molecule has 0 fully saturated rings. The van der Waals surface area contributed by atoms with E-state index in [1.807, 2.05) is 6.92 Å². The molecule has 0 radical (unpaired) electrons. The van der Waals surface area contributed by atoms with Crippen molar-refractivity contribution < 1.29 is 10.0 Å². The van der Waals surface area contributed by atoms with Gasteiger partial charge in [0.15, 0.2) is 5.82 Å². The fourth-order valence-corrected chi connectivity index (χ4v) is 0.978. The van der Waals surface area contributed by atoms with Crippen molar-refractivity contribution in [1.29, 1.82) is 0 Å². The summed E-state index contributed by atoms with van der Waals surface area (Å²) < 4.78 is 1.36. The maximum atomic E-state index is 10.4. The molecule has 1 N–H and O–H groups in total. The van der Waals surface area contributed by atoms with Crippen molar-refractivity contribution in [3.05, 3.63) is 34.8 Å². The zero-order valence-electron chi connectivity index (χ0n) is 8.88. The molecule has 0 atom stereocenters. The Morgan fingerprint density at radius 3 is 2.73 bits per heavy atom. The molecule has 0 unspecified atom stereocenters. The lowest BCUT2D eigenvalue weighted by Crippen LogP contribution is -2.07. The molecular formula is C9H15N3O3. The number of nitro groups is 1. The first-order valence-corrected chi connectivity index (χ1v) is 4.42. The highest BCUT2D eigenvalue weighted by Gasteiger charge is 2.15. The van der Waals surface area contributed by atoms with Crippen LogP contribution < -0.4 is 0 Å². The van der Waals surface area contributed by atoms with Gasteiger partial charge in [-0.15, -0.1) is 6.58 Å². The van der Waals surface area contributed by atoms with E-state index in [0.717, 1.165) is 0 Å². The lowest BCUT2D eigenvalue weighted by atomic mass is 10.6. The smallest absolute Gasteiger partial charge is 0.342 e. The summed E-state index contributed by atoms with van der Waals surface area (Å²) in [6.45, 7) is 6.99. The Morgan fingerprint density at radius 1 is 1.80 bits per heavy atom. The van der Waals surface area contributed by atoms with E-state index >= 15 is 0 Å². The fraction of sp³-hybridized carbons (Fsp3) is 0.444. The summed E-state index contributed by atoms with van der Waals surface area (Å²) in [6.07, 6.45) is 2.94. The van der Waals surface area contributed by atoms with Gasteiger partial charge in [0, 0.05) is 6.92 Å². The van der Waals surface area contributed by atoms with Crippen molar-refractivity contribution >= 4 is 5.82 Å². The molecular weight excluding hydrogens is 198 g/mol. The largest absolute Gasteiger partial charge is 0.392 e. The number of allylic oxidation sites excluding steroid dienone is 1. The molecule has 1 heterocycles. The Labute approximate surface area is 88.0 Å². The minimum atomic E-state index is -0.518. The third-order valence-electron chi connectivity index (χ3n) is 1.54. The molecule has 1 rings (SSSR count). The Kier molecular flexibility index (Phi) is 5.96. The number of rotatable bonds is 3. The van der Waals surface area contributed by atoms with Gasteiger partial charge in [-0.05, 0) is 11.8 Å². The Bertz CT molecular complexity index is 333. The second-order valence-corrected chi connectivity index (χ2v) is 2.70. The molecule has 84 valence electrons. The molecule has 1 aromatic heterocycles. The topological polar surface area (TPSA) is 81.2 Å². The van der Waals surface area contributed by atoms with Gasteiger partial charge >= 0.3 is 5.82 Å². The van der Waals surface area contributed by atoms with Crippen molar-refractivity contribution in [2.75, 3.05) is 6.61 Å². The molecule has 6 heteroatoms. The molecule has 0 aliphatic rings. The molecule has 0 saturated heterocycles. The van der Waals surface area contributed by atoms with Crippen molar-refractivity contribution in [1.82, 2.24) is 9.55 Å². The van der Waals surface area contributed by atoms with Crippen LogP contribution in [-0.2, 0) is 6.54 Å². The molecule has 6 nitrogen and oxygen atoms in total. The van der Waals surface area contributed by atoms with Crippen LogP contribution in [0.5, 0.6) is 0 Å². The van der Waals surface area contributed by atoms with Gasteiger partial charge < -0.3 is 15.2 Å². The first-order chi connectivity index (χ1) is 7.08. The Balaban J connectivity index is 0.000000583. The molecule has 0 aliphatic carbocycles. The highest BCUT2D eigenvalue weighted by molar-refractivity contribution is 5.18. The van der Waals surface area contributed by atoms with Crippen LogP contribution in [0.3, 0.4) is 0 Å². The van der Waals surface area contributed by atoms with Gasteiger partial charge in [-0.1, -0.05) is 6.08 Å². The van der Waals surface area contributed by atoms with Gasteiger partial charge in [-0.2, -0.15) is 0 Å². The molecule has 0 saturated carbocycles. The summed E-state index contributed by atoms with van der Waals surface area (Å²) >= 11 is 0. The Morgan fingerprint density at radius 2 is 2.33 bits per heavy atom. The van der Waals surface area contributed by atoms with Crippen molar-refractivity contribution in [2.24, 2.45) is 0 Å². The summed E-state index contributed by atoms with van der Waals surface area (Å²) in [4.78, 5) is 13.6. The van der Waals surface area contributed by atoms with Crippen LogP contribution in [-0.4, -0.2) is 26.2 Å². The minimum Gasteiger partial charge on any atom is -0.392 e. The molecule has 0 aromatic carbocycles. The summed E-state index contributed by atoms with van der Waals surface area (Å²) in [7, 11) is 0. The van der Waals surface area contributed by atoms with Crippen LogP contribution in [0.25, 0.3) is 0 Å². The van der Waals surface area contributed by atoms with Crippen LogP contribution in [0, 0.1) is 17.0 Å². The van der Waals surface area contributed by atoms with Gasteiger partial charge in [0.2, 0.25) is 0 Å². The standard InChI is InChI=1S/C6H9N3O3.C3H6/c1-5-7-4-6(9(11)12)8(5)2-3-10;1-3-2/h4,10H,2-3H2,1H3;3H,1H2,2H3. The summed E-state index contributed by atoms with van der Waals surface area (Å²) in [5.74, 6) is 0.456. The van der Waals surface area contributed by atoms with Gasteiger partial charge in [0.1, 0.15) is 12.7 Å². The summed E-state index contributed by atoms with van der Waals surface area (Å²) in [5, 5.41) is 19.0. The van der Waals surface area contributed by atoms with Gasteiger partial charge in [-0.25, -0.2) is 9.55 Å². The van der Waals surface area contributed by atoms with E-state index in [9.17, 15) is 10.1 Å². The maximum Gasteiger partial charge on any atom is 0.342 e. The monoisotopic (exact) mass is 213 g/mol. The third-order valence-corrected chi connectivity index (χ3v) is 1.54. The number of hydrogen-bond donors (Lipinski definition) is 1. The van der Waals surface area contributed by atoms with Crippen LogP contribution in [0.2, 0.25) is 0 Å². The highest BCUT2D eigenvalue weighted by atomic mass is 16.6. The molecule has 0 amide bonds. The van der Waals surface area contributed by atoms with Crippen molar-refractivity contribution in [3.8, 4) is 0 Å². The number of aliphatic hydroxyl groups excluding tert-OH is 1. The number of aliphatic hydroxyl groups is 1. The SMILES string of the molecule is C=CC.Cc1ncc([N+](=O)[O-])n1CCO. The van der Waals surface area contributed by atoms with E-state index in [2.05, 4.69) is 11.6 Å². The van der Waals surface area contributed by atoms with Crippen LogP contribution in [0.4, 0.5) is 5.82 Å². The zero-order valence-corrected chi connectivity index (χ0v) is 8.88. The van der Waals surface area contributed by atoms with E-state index in [4.69, 9.17) is 5.11 Å². The van der Waals surface area contributed by atoms with Crippen molar-refractivity contribution in [3.63, 3.8) is 0 Å². The molecule has 0 spiro atoms. The summed E-state index contributed by atoms with van der Waals surface area (Å²) in [5.41, 5.74) is 0. The highest BCUT2D eigenvalue weighted by Crippen LogP contribution is 2.12. The lowest BCUT2D eigenvalue weighted by molar-refractivity contribution is -0.392. The molecule has 0 bridgehead atoms. The minimum absolute atomic E-state index is 0.0819. The second-order valence-electron chi connectivity index (χ2n) is 2.70. The lowest BCUT2D eigenvalue weighted by Gasteiger charge is -1.98. The third kappa shape index (κ3) is 3.90. The number of nitrogens with zero attached hydrogens (tertiary/aromatic N) is 3. The van der Waals surface area contributed by atoms with Crippen LogP contribution >= 0.6 is 0 Å². The fourth-order valence-electron chi connectivity index (χ4n) is 0.978. The van der Waals surface area contributed by atoms with Crippen molar-refractivity contribution in [2.45, 2.75) is 20.4 Å². The van der Waals surface area contributed by atoms with Gasteiger partial charge in [-0.3, -0.25) is 0 Å². The Hall–Kier alpha value is -1.69. The first-order valence-electron chi connectivity index (χ1n) is 4.42. The molecule has 0 aliphatic heterocycles. The van der Waals surface area contributed by atoms with Gasteiger partial charge in [0.05, 0.1) is 6.61 Å². The van der Waals surface area contributed by atoms with E-state index in [1.165, 1.54) is 10.8 Å². The average molecular weight is 213 g/mol. The second kappa shape index (κ2) is 6.72. The molecule has 1 aromatic rings. The van der Waals surface area contributed by atoms with E-state index in [-0.39, 0.29) is 19.0 Å². The number of aromatic nitrogens is 2. The first kappa shape index (κ1) is 13.3. The molecule has 15 heavy (non-hydrogen) atoms. The normalized spacial score (nSPS) is 9.00. The average Bonchev–Trinajstić information content (AvgIpc) is 2.50. The predicted molar refractivity (Wildman–Crippen MR) is 56.6 cm³/mol. The number of hydrogen-bond acceptors (Lipinski definition) is 4. The van der Waals surface area contributed by atoms with E-state index in [1.54, 1.807) is 13.0 Å². The quantitative estimate of drug-likeness (QED) is 0.466. The zero-order chi connectivity index (χ0) is 11.8. The van der Waals surface area contributed by atoms with Crippen LogP contribution in [0.15, 0.2) is 18.9 Å². The number of aryl methyl sites for hydroxylation is 1. The van der Waals surface area contributed by atoms with Crippen LogP contribution in [0.1, 0.15) is 12.7 Å². The predicted octanol–water partition coefficient (Wildman–Crippen LogP) is 1.28. The summed E-state index contributed by atoms with van der Waals surface area (Å²) in [6, 6.07) is 0. The van der Waals surface area contributed by atoms with Gasteiger partial charge in [0.25, 0.3) is 0 Å². The maximum absolute atomic E-state index is 10.4. The van der Waals surface area contributed by atoms with E-state index < -0.39 is 4.92 Å². The number of imidazole rings is 1. The van der Waals surface area contributed by atoms with E-state index in [0.29, 0.717) is 5.82 Å².